The van der Waals surface area contributed by atoms with Crippen LogP contribution >= 0.6 is 0 Å². The van der Waals surface area contributed by atoms with Gasteiger partial charge in [0.15, 0.2) is 18.1 Å². The van der Waals surface area contributed by atoms with Gasteiger partial charge in [0.1, 0.15) is 19.0 Å². The van der Waals surface area contributed by atoms with Gasteiger partial charge in [0.25, 0.3) is 5.91 Å². The quantitative estimate of drug-likeness (QED) is 0.466. The van der Waals surface area contributed by atoms with Gasteiger partial charge in [0.2, 0.25) is 0 Å². The number of methoxy groups -OCH3 is 1. The Bertz CT molecular complexity index is 1170. The van der Waals surface area contributed by atoms with Gasteiger partial charge in [-0.1, -0.05) is 48.6 Å². The van der Waals surface area contributed by atoms with Gasteiger partial charge >= 0.3 is 5.97 Å². The van der Waals surface area contributed by atoms with Crippen LogP contribution in [0.15, 0.2) is 78.9 Å². The van der Waals surface area contributed by atoms with Crippen LogP contribution in [0, 0.1) is 0 Å². The SMILES string of the molecule is COC(=O)COc1cccc(C(=O)N(C/C=C/c2ccccc2)c2ccc3c(c2)OCCO3)c1. The average Bonchev–Trinajstić information content (AvgIpc) is 2.90. The molecule has 7 nitrogen and oxygen atoms in total. The normalized spacial score (nSPS) is 12.3. The van der Waals surface area contributed by atoms with Crippen LogP contribution in [0.1, 0.15) is 15.9 Å². The number of hydrogen-bond donors (Lipinski definition) is 0. The van der Waals surface area contributed by atoms with Crippen LogP contribution in [0.2, 0.25) is 0 Å². The minimum atomic E-state index is -0.499. The van der Waals surface area contributed by atoms with E-state index in [-0.39, 0.29) is 12.5 Å². The van der Waals surface area contributed by atoms with Crippen molar-refractivity contribution in [2.75, 3.05) is 38.4 Å². The average molecular weight is 459 g/mol. The molecule has 0 radical (unpaired) electrons. The summed E-state index contributed by atoms with van der Waals surface area (Å²) >= 11 is 0. The zero-order valence-electron chi connectivity index (χ0n) is 18.8. The van der Waals surface area contributed by atoms with Crippen molar-refractivity contribution in [2.45, 2.75) is 0 Å². The molecule has 34 heavy (non-hydrogen) atoms. The molecule has 0 atom stereocenters. The van der Waals surface area contributed by atoms with Gasteiger partial charge in [-0.05, 0) is 35.9 Å². The van der Waals surface area contributed by atoms with E-state index >= 15 is 0 Å². The van der Waals surface area contributed by atoms with Crippen molar-refractivity contribution >= 4 is 23.6 Å². The highest BCUT2D eigenvalue weighted by Gasteiger charge is 2.20. The Morgan fingerprint density at radius 2 is 1.74 bits per heavy atom. The predicted octanol–water partition coefficient (Wildman–Crippen LogP) is 4.37. The fourth-order valence-corrected chi connectivity index (χ4v) is 3.44. The lowest BCUT2D eigenvalue weighted by molar-refractivity contribution is -0.142. The van der Waals surface area contributed by atoms with E-state index in [9.17, 15) is 9.59 Å². The molecule has 0 spiro atoms. The van der Waals surface area contributed by atoms with Gasteiger partial charge in [0, 0.05) is 23.9 Å². The summed E-state index contributed by atoms with van der Waals surface area (Å²) in [5.74, 6) is 0.931. The Kier molecular flexibility index (Phi) is 7.45. The summed E-state index contributed by atoms with van der Waals surface area (Å²) in [6.45, 7) is 1.05. The smallest absolute Gasteiger partial charge is 0.343 e. The highest BCUT2D eigenvalue weighted by molar-refractivity contribution is 6.06. The van der Waals surface area contributed by atoms with Gasteiger partial charge < -0.3 is 23.8 Å². The molecule has 174 valence electrons. The van der Waals surface area contributed by atoms with Crippen LogP contribution in [-0.4, -0.2) is 45.4 Å². The molecule has 4 rings (SSSR count). The van der Waals surface area contributed by atoms with Crippen molar-refractivity contribution in [2.24, 2.45) is 0 Å². The van der Waals surface area contributed by atoms with E-state index in [4.69, 9.17) is 14.2 Å². The lowest BCUT2D eigenvalue weighted by Crippen LogP contribution is -2.31. The number of esters is 1. The number of hydrogen-bond acceptors (Lipinski definition) is 6. The Labute approximate surface area is 198 Å². The van der Waals surface area contributed by atoms with Crippen LogP contribution < -0.4 is 19.1 Å². The maximum atomic E-state index is 13.6. The van der Waals surface area contributed by atoms with Crippen LogP contribution in [0.4, 0.5) is 5.69 Å². The molecule has 0 saturated heterocycles. The van der Waals surface area contributed by atoms with Crippen molar-refractivity contribution < 1.29 is 28.5 Å². The second kappa shape index (κ2) is 11.0. The molecule has 0 N–H and O–H groups in total. The number of nitrogens with zero attached hydrogens (tertiary/aromatic N) is 1. The van der Waals surface area contributed by atoms with E-state index in [1.54, 1.807) is 41.3 Å². The molecule has 0 bridgehead atoms. The van der Waals surface area contributed by atoms with E-state index in [2.05, 4.69) is 4.74 Å². The Morgan fingerprint density at radius 3 is 2.53 bits per heavy atom. The summed E-state index contributed by atoms with van der Waals surface area (Å²) in [4.78, 5) is 26.6. The van der Waals surface area contributed by atoms with Gasteiger partial charge in [-0.25, -0.2) is 4.79 Å². The first-order chi connectivity index (χ1) is 16.6. The number of carbonyl (C=O) groups excluding carboxylic acids is 2. The van der Waals surface area contributed by atoms with E-state index < -0.39 is 5.97 Å². The fraction of sp³-hybridized carbons (Fsp3) is 0.185. The summed E-state index contributed by atoms with van der Waals surface area (Å²) in [5, 5.41) is 0. The second-order valence-electron chi connectivity index (χ2n) is 7.45. The van der Waals surface area contributed by atoms with Gasteiger partial charge in [0.05, 0.1) is 7.11 Å². The van der Waals surface area contributed by atoms with Crippen LogP contribution in [0.5, 0.6) is 17.2 Å². The predicted molar refractivity (Wildman–Crippen MR) is 129 cm³/mol. The lowest BCUT2D eigenvalue weighted by Gasteiger charge is -2.25. The number of ether oxygens (including phenoxy) is 4. The summed E-state index contributed by atoms with van der Waals surface area (Å²) in [7, 11) is 1.29. The highest BCUT2D eigenvalue weighted by Crippen LogP contribution is 2.34. The lowest BCUT2D eigenvalue weighted by atomic mass is 10.1. The third-order valence-electron chi connectivity index (χ3n) is 5.15. The minimum Gasteiger partial charge on any atom is -0.486 e. The first-order valence-corrected chi connectivity index (χ1v) is 10.9. The summed E-state index contributed by atoms with van der Waals surface area (Å²) in [5.41, 5.74) is 2.13. The zero-order valence-corrected chi connectivity index (χ0v) is 18.8. The fourth-order valence-electron chi connectivity index (χ4n) is 3.44. The van der Waals surface area contributed by atoms with Crippen LogP contribution in [0.25, 0.3) is 6.08 Å². The summed E-state index contributed by atoms with van der Waals surface area (Å²) < 4.78 is 21.4. The molecule has 0 unspecified atom stereocenters. The monoisotopic (exact) mass is 459 g/mol. The van der Waals surface area contributed by atoms with Crippen molar-refractivity contribution in [1.82, 2.24) is 0 Å². The molecule has 0 aromatic heterocycles. The van der Waals surface area contributed by atoms with Gasteiger partial charge in [-0.15, -0.1) is 0 Å². The molecule has 3 aromatic rings. The Morgan fingerprint density at radius 1 is 0.941 bits per heavy atom. The minimum absolute atomic E-state index is 0.224. The summed E-state index contributed by atoms with van der Waals surface area (Å²) in [6.07, 6.45) is 3.90. The maximum Gasteiger partial charge on any atom is 0.343 e. The van der Waals surface area contributed by atoms with Crippen molar-refractivity contribution in [1.29, 1.82) is 0 Å². The third kappa shape index (κ3) is 5.75. The molecular weight excluding hydrogens is 434 g/mol. The number of rotatable bonds is 8. The van der Waals surface area contributed by atoms with Crippen LogP contribution in [0.3, 0.4) is 0 Å². The molecular formula is C27H25NO6. The molecule has 1 aliphatic heterocycles. The van der Waals surface area contributed by atoms with E-state index in [0.717, 1.165) is 5.56 Å². The molecule has 7 heteroatoms. The van der Waals surface area contributed by atoms with Crippen molar-refractivity contribution in [3.05, 3.63) is 90.0 Å². The topological polar surface area (TPSA) is 74.3 Å². The number of anilines is 1. The molecule has 0 saturated carbocycles. The Balaban J connectivity index is 1.60. The van der Waals surface area contributed by atoms with Crippen molar-refractivity contribution in [3.63, 3.8) is 0 Å². The van der Waals surface area contributed by atoms with Gasteiger partial charge in [-0.3, -0.25) is 4.79 Å². The molecule has 3 aromatic carbocycles. The first-order valence-electron chi connectivity index (χ1n) is 10.9. The van der Waals surface area contributed by atoms with Crippen LogP contribution in [-0.2, 0) is 9.53 Å². The van der Waals surface area contributed by atoms with Gasteiger partial charge in [-0.2, -0.15) is 0 Å². The maximum absolute atomic E-state index is 13.6. The Hall–Kier alpha value is -4.26. The molecule has 1 amide bonds. The number of benzene rings is 3. The number of carbonyl (C=O) groups is 2. The van der Waals surface area contributed by atoms with E-state index in [1.807, 2.05) is 48.6 Å². The number of fused-ring (bicyclic) bond motifs is 1. The largest absolute Gasteiger partial charge is 0.486 e. The number of amides is 1. The van der Waals surface area contributed by atoms with E-state index in [0.29, 0.717) is 48.3 Å². The molecule has 1 heterocycles. The zero-order chi connectivity index (χ0) is 23.8. The summed E-state index contributed by atoms with van der Waals surface area (Å²) in [6, 6.07) is 22.0. The highest BCUT2D eigenvalue weighted by atomic mass is 16.6. The van der Waals surface area contributed by atoms with E-state index in [1.165, 1.54) is 7.11 Å². The second-order valence-corrected chi connectivity index (χ2v) is 7.45. The van der Waals surface area contributed by atoms with Crippen molar-refractivity contribution in [3.8, 4) is 17.2 Å². The molecule has 0 fully saturated rings. The first kappa shape index (κ1) is 22.9. The molecule has 0 aliphatic carbocycles. The molecule has 1 aliphatic rings. The third-order valence-corrected chi connectivity index (χ3v) is 5.15. The standard InChI is InChI=1S/C27H25NO6/c1-31-26(29)19-34-23-11-5-10-21(17-23)27(30)28(14-6-9-20-7-3-2-4-8-20)22-12-13-24-25(18-22)33-16-15-32-24/h2-13,17-18H,14-16,19H2,1H3/b9-6+.